The molecular formula is C17H23NO5. The van der Waals surface area contributed by atoms with Gasteiger partial charge in [0.25, 0.3) is 0 Å². The van der Waals surface area contributed by atoms with Crippen LogP contribution in [0.2, 0.25) is 0 Å². The van der Waals surface area contributed by atoms with Crippen molar-refractivity contribution in [2.75, 3.05) is 20.8 Å². The molecule has 1 unspecified atom stereocenters. The Balaban J connectivity index is 1.90. The van der Waals surface area contributed by atoms with Crippen molar-refractivity contribution in [2.45, 2.75) is 32.3 Å². The van der Waals surface area contributed by atoms with E-state index < -0.39 is 11.5 Å². The van der Waals surface area contributed by atoms with E-state index >= 15 is 0 Å². The Morgan fingerprint density at radius 3 is 2.57 bits per heavy atom. The lowest BCUT2D eigenvalue weighted by atomic mass is 9.90. The van der Waals surface area contributed by atoms with Gasteiger partial charge in [0.05, 0.1) is 26.6 Å². The number of carbonyl (C=O) groups excluding carboxylic acids is 2. The first-order valence-electron chi connectivity index (χ1n) is 7.58. The molecule has 0 aliphatic carbocycles. The summed E-state index contributed by atoms with van der Waals surface area (Å²) in [5.41, 5.74) is 0.283. The molecule has 0 aromatic heterocycles. The van der Waals surface area contributed by atoms with Gasteiger partial charge in [-0.1, -0.05) is 6.07 Å². The molecule has 1 aliphatic rings. The molecule has 1 atom stereocenters. The van der Waals surface area contributed by atoms with Crippen LogP contribution in [0, 0.1) is 5.92 Å². The number of amides is 1. The summed E-state index contributed by atoms with van der Waals surface area (Å²) < 4.78 is 15.6. The van der Waals surface area contributed by atoms with Crippen molar-refractivity contribution in [3.63, 3.8) is 0 Å². The smallest absolute Gasteiger partial charge is 0.307 e. The second kappa shape index (κ2) is 6.89. The minimum atomic E-state index is -0.746. The molecule has 0 spiro atoms. The first-order chi connectivity index (χ1) is 10.9. The second-order valence-corrected chi connectivity index (χ2v) is 6.06. The first-order valence-corrected chi connectivity index (χ1v) is 7.58. The molecule has 1 amide bonds. The van der Waals surface area contributed by atoms with Gasteiger partial charge in [0.2, 0.25) is 5.91 Å². The van der Waals surface area contributed by atoms with Crippen LogP contribution in [0.5, 0.6) is 11.5 Å². The number of methoxy groups -OCH3 is 2. The summed E-state index contributed by atoms with van der Waals surface area (Å²) in [5.74, 6) is 0.410. The number of hydrogen-bond donors (Lipinski definition) is 1. The maximum Gasteiger partial charge on any atom is 0.307 e. The molecule has 0 bridgehead atoms. The van der Waals surface area contributed by atoms with E-state index in [1.165, 1.54) is 0 Å². The fourth-order valence-corrected chi connectivity index (χ4v) is 2.72. The van der Waals surface area contributed by atoms with Gasteiger partial charge in [0.15, 0.2) is 11.5 Å². The Morgan fingerprint density at radius 1 is 1.30 bits per heavy atom. The average Bonchev–Trinajstić information content (AvgIpc) is 2.79. The van der Waals surface area contributed by atoms with E-state index in [-0.39, 0.29) is 18.3 Å². The van der Waals surface area contributed by atoms with Crippen LogP contribution in [0.4, 0.5) is 0 Å². The molecule has 6 heteroatoms. The molecular weight excluding hydrogens is 298 g/mol. The van der Waals surface area contributed by atoms with E-state index in [0.717, 1.165) is 5.56 Å². The van der Waals surface area contributed by atoms with E-state index in [9.17, 15) is 9.59 Å². The van der Waals surface area contributed by atoms with E-state index in [1.807, 2.05) is 18.2 Å². The SMILES string of the molecule is COc1ccc(CCNC(=O)C2CC(=O)OC2(C)C)cc1OC. The van der Waals surface area contributed by atoms with Crippen molar-refractivity contribution >= 4 is 11.9 Å². The minimum absolute atomic E-state index is 0.134. The summed E-state index contributed by atoms with van der Waals surface area (Å²) in [7, 11) is 3.17. The van der Waals surface area contributed by atoms with E-state index in [2.05, 4.69) is 5.32 Å². The van der Waals surface area contributed by atoms with Gasteiger partial charge < -0.3 is 19.5 Å². The van der Waals surface area contributed by atoms with Gasteiger partial charge in [0, 0.05) is 6.54 Å². The third-order valence-electron chi connectivity index (χ3n) is 4.06. The molecule has 1 aromatic carbocycles. The number of carbonyl (C=O) groups is 2. The summed E-state index contributed by atoms with van der Waals surface area (Å²) >= 11 is 0. The highest BCUT2D eigenvalue weighted by Gasteiger charge is 2.45. The lowest BCUT2D eigenvalue weighted by Gasteiger charge is -2.23. The third kappa shape index (κ3) is 3.94. The molecule has 1 aromatic rings. The van der Waals surface area contributed by atoms with Gasteiger partial charge in [-0.2, -0.15) is 0 Å². The van der Waals surface area contributed by atoms with Gasteiger partial charge in [-0.15, -0.1) is 0 Å². The number of esters is 1. The Hall–Kier alpha value is -2.24. The molecule has 1 fully saturated rings. The standard InChI is InChI=1S/C17H23NO5/c1-17(2)12(10-15(19)23-17)16(20)18-8-7-11-5-6-13(21-3)14(9-11)22-4/h5-6,9,12H,7-8,10H2,1-4H3,(H,18,20). The van der Waals surface area contributed by atoms with Crippen LogP contribution < -0.4 is 14.8 Å². The molecule has 1 aliphatic heterocycles. The van der Waals surface area contributed by atoms with Gasteiger partial charge in [-0.05, 0) is 38.0 Å². The molecule has 1 saturated heterocycles. The van der Waals surface area contributed by atoms with Crippen LogP contribution in [0.3, 0.4) is 0 Å². The second-order valence-electron chi connectivity index (χ2n) is 6.06. The Morgan fingerprint density at radius 2 is 2.00 bits per heavy atom. The molecule has 0 radical (unpaired) electrons. The molecule has 1 heterocycles. The topological polar surface area (TPSA) is 73.9 Å². The van der Waals surface area contributed by atoms with Crippen molar-refractivity contribution in [1.29, 1.82) is 0 Å². The summed E-state index contributed by atoms with van der Waals surface area (Å²) in [6.07, 6.45) is 0.795. The lowest BCUT2D eigenvalue weighted by molar-refractivity contribution is -0.147. The van der Waals surface area contributed by atoms with E-state index in [0.29, 0.717) is 24.5 Å². The number of hydrogen-bond acceptors (Lipinski definition) is 5. The van der Waals surface area contributed by atoms with Crippen molar-refractivity contribution in [3.05, 3.63) is 23.8 Å². The molecule has 126 valence electrons. The average molecular weight is 321 g/mol. The first kappa shape index (κ1) is 17.1. The highest BCUT2D eigenvalue weighted by molar-refractivity contribution is 5.87. The summed E-state index contributed by atoms with van der Waals surface area (Å²) in [6, 6.07) is 5.65. The zero-order chi connectivity index (χ0) is 17.0. The Bertz CT molecular complexity index is 597. The van der Waals surface area contributed by atoms with Gasteiger partial charge in [0.1, 0.15) is 5.60 Å². The minimum Gasteiger partial charge on any atom is -0.493 e. The Kier molecular flexibility index (Phi) is 5.13. The Labute approximate surface area is 136 Å². The van der Waals surface area contributed by atoms with Gasteiger partial charge in [-0.25, -0.2) is 0 Å². The van der Waals surface area contributed by atoms with Gasteiger partial charge >= 0.3 is 5.97 Å². The summed E-state index contributed by atoms with van der Waals surface area (Å²) in [4.78, 5) is 23.6. The quantitative estimate of drug-likeness (QED) is 0.807. The van der Waals surface area contributed by atoms with Crippen molar-refractivity contribution < 1.29 is 23.8 Å². The maximum atomic E-state index is 12.2. The zero-order valence-corrected chi connectivity index (χ0v) is 14.0. The third-order valence-corrected chi connectivity index (χ3v) is 4.06. The predicted octanol–water partition coefficient (Wildman–Crippen LogP) is 1.70. The largest absolute Gasteiger partial charge is 0.493 e. The number of ether oxygens (including phenoxy) is 3. The van der Waals surface area contributed by atoms with Crippen LogP contribution in [-0.4, -0.2) is 38.2 Å². The lowest BCUT2D eigenvalue weighted by Crippen LogP contribution is -2.41. The summed E-state index contributed by atoms with van der Waals surface area (Å²) in [5, 5.41) is 2.87. The molecule has 0 saturated carbocycles. The van der Waals surface area contributed by atoms with Crippen LogP contribution in [0.25, 0.3) is 0 Å². The maximum absolute atomic E-state index is 12.2. The van der Waals surface area contributed by atoms with Crippen molar-refractivity contribution in [1.82, 2.24) is 5.32 Å². The van der Waals surface area contributed by atoms with Crippen LogP contribution in [0.15, 0.2) is 18.2 Å². The monoisotopic (exact) mass is 321 g/mol. The fraction of sp³-hybridized carbons (Fsp3) is 0.529. The van der Waals surface area contributed by atoms with Crippen molar-refractivity contribution in [2.24, 2.45) is 5.92 Å². The highest BCUT2D eigenvalue weighted by atomic mass is 16.6. The molecule has 6 nitrogen and oxygen atoms in total. The van der Waals surface area contributed by atoms with Crippen LogP contribution in [0.1, 0.15) is 25.8 Å². The van der Waals surface area contributed by atoms with Crippen molar-refractivity contribution in [3.8, 4) is 11.5 Å². The fourth-order valence-electron chi connectivity index (χ4n) is 2.72. The van der Waals surface area contributed by atoms with Crippen LogP contribution in [-0.2, 0) is 20.7 Å². The van der Waals surface area contributed by atoms with E-state index in [1.54, 1.807) is 28.1 Å². The molecule has 1 N–H and O–H groups in total. The number of benzene rings is 1. The number of cyclic esters (lactones) is 1. The van der Waals surface area contributed by atoms with Crippen LogP contribution >= 0.6 is 0 Å². The molecule has 23 heavy (non-hydrogen) atoms. The highest BCUT2D eigenvalue weighted by Crippen LogP contribution is 2.32. The number of nitrogens with one attached hydrogen (secondary N) is 1. The molecule has 2 rings (SSSR count). The van der Waals surface area contributed by atoms with Gasteiger partial charge in [-0.3, -0.25) is 9.59 Å². The zero-order valence-electron chi connectivity index (χ0n) is 14.0. The predicted molar refractivity (Wildman–Crippen MR) is 84.5 cm³/mol. The number of rotatable bonds is 6. The summed E-state index contributed by atoms with van der Waals surface area (Å²) in [6.45, 7) is 4.00. The normalized spacial score (nSPS) is 19.1. The van der Waals surface area contributed by atoms with E-state index in [4.69, 9.17) is 14.2 Å².